The zero-order chi connectivity index (χ0) is 21.2. The van der Waals surface area contributed by atoms with E-state index in [-0.39, 0.29) is 5.91 Å². The fourth-order valence-corrected chi connectivity index (χ4v) is 4.89. The van der Waals surface area contributed by atoms with Gasteiger partial charge in [-0.2, -0.15) is 0 Å². The van der Waals surface area contributed by atoms with Crippen LogP contribution in [0, 0.1) is 0 Å². The summed E-state index contributed by atoms with van der Waals surface area (Å²) < 4.78 is 7.01. The maximum absolute atomic E-state index is 11.8. The van der Waals surface area contributed by atoms with Crippen LogP contribution in [0.15, 0.2) is 60.8 Å². The summed E-state index contributed by atoms with van der Waals surface area (Å²) in [5.41, 5.74) is 4.06. The molecule has 0 radical (unpaired) electrons. The molecule has 31 heavy (non-hydrogen) atoms. The lowest BCUT2D eigenvalue weighted by Gasteiger charge is -2.26. The van der Waals surface area contributed by atoms with Gasteiger partial charge in [0.05, 0.1) is 16.3 Å². The Morgan fingerprint density at radius 3 is 2.90 bits per heavy atom. The number of ether oxygens (including phenoxy) is 1. The Morgan fingerprint density at radius 2 is 2.00 bits per heavy atom. The predicted octanol–water partition coefficient (Wildman–Crippen LogP) is 5.33. The summed E-state index contributed by atoms with van der Waals surface area (Å²) in [6.07, 6.45) is 5.00. The van der Waals surface area contributed by atoms with Crippen LogP contribution in [0.5, 0.6) is 11.5 Å². The molecule has 156 valence electrons. The van der Waals surface area contributed by atoms with Crippen LogP contribution in [-0.4, -0.2) is 22.9 Å². The van der Waals surface area contributed by atoms with E-state index in [1.165, 1.54) is 17.5 Å². The largest absolute Gasteiger partial charge is 0.457 e. The second-order valence-corrected chi connectivity index (χ2v) is 8.53. The fourth-order valence-electron chi connectivity index (χ4n) is 3.95. The summed E-state index contributed by atoms with van der Waals surface area (Å²) >= 11 is 1.62. The van der Waals surface area contributed by atoms with Gasteiger partial charge in [-0.3, -0.25) is 9.78 Å². The lowest BCUT2D eigenvalue weighted by molar-refractivity contribution is 0.0958. The zero-order valence-corrected chi connectivity index (χ0v) is 17.9. The van der Waals surface area contributed by atoms with Crippen LogP contribution in [0.3, 0.4) is 0 Å². The number of benzene rings is 2. The van der Waals surface area contributed by atoms with Crippen molar-refractivity contribution in [3.05, 3.63) is 77.6 Å². The van der Waals surface area contributed by atoms with Gasteiger partial charge < -0.3 is 15.4 Å². The fraction of sp³-hybridized carbons (Fsp3) is 0.208. The van der Waals surface area contributed by atoms with E-state index in [4.69, 9.17) is 9.72 Å². The van der Waals surface area contributed by atoms with Crippen LogP contribution in [0.2, 0.25) is 0 Å². The van der Waals surface area contributed by atoms with Crippen molar-refractivity contribution in [1.29, 1.82) is 0 Å². The molecular formula is C24H22N4O2S. The van der Waals surface area contributed by atoms with Gasteiger partial charge in [0.25, 0.3) is 5.91 Å². The van der Waals surface area contributed by atoms with Crippen LogP contribution in [0.4, 0.5) is 5.13 Å². The third-order valence-electron chi connectivity index (χ3n) is 5.45. The van der Waals surface area contributed by atoms with Gasteiger partial charge in [0, 0.05) is 25.4 Å². The summed E-state index contributed by atoms with van der Waals surface area (Å²) in [4.78, 5) is 20.6. The maximum Gasteiger partial charge on any atom is 0.269 e. The molecular weight excluding hydrogens is 408 g/mol. The van der Waals surface area contributed by atoms with Crippen LogP contribution >= 0.6 is 11.3 Å². The number of hydrogen-bond acceptors (Lipinski definition) is 6. The molecule has 2 heterocycles. The number of fused-ring (bicyclic) bond motifs is 2. The highest BCUT2D eigenvalue weighted by Crippen LogP contribution is 2.36. The van der Waals surface area contributed by atoms with Gasteiger partial charge in [0.1, 0.15) is 17.2 Å². The molecule has 0 fully saturated rings. The van der Waals surface area contributed by atoms with Crippen molar-refractivity contribution >= 4 is 32.6 Å². The number of carbonyl (C=O) groups excluding carboxylic acids is 1. The van der Waals surface area contributed by atoms with Gasteiger partial charge in [0.2, 0.25) is 0 Å². The number of aromatic nitrogens is 2. The first kappa shape index (κ1) is 19.5. The highest BCUT2D eigenvalue weighted by molar-refractivity contribution is 7.22. The van der Waals surface area contributed by atoms with E-state index >= 15 is 0 Å². The summed E-state index contributed by atoms with van der Waals surface area (Å²) in [6.45, 7) is 0. The number of hydrogen-bond donors (Lipinski definition) is 2. The van der Waals surface area contributed by atoms with E-state index in [1.54, 1.807) is 36.7 Å². The van der Waals surface area contributed by atoms with E-state index in [0.717, 1.165) is 28.2 Å². The number of rotatable bonds is 5. The minimum Gasteiger partial charge on any atom is -0.457 e. The van der Waals surface area contributed by atoms with Crippen LogP contribution in [-0.2, 0) is 6.42 Å². The first-order chi connectivity index (χ1) is 15.2. The average molecular weight is 431 g/mol. The van der Waals surface area contributed by atoms with Gasteiger partial charge in [-0.05, 0) is 48.6 Å². The van der Waals surface area contributed by atoms with Crippen LogP contribution in [0.25, 0.3) is 10.2 Å². The lowest BCUT2D eigenvalue weighted by atomic mass is 9.88. The predicted molar refractivity (Wildman–Crippen MR) is 123 cm³/mol. The van der Waals surface area contributed by atoms with E-state index in [9.17, 15) is 4.79 Å². The number of carbonyl (C=O) groups is 1. The Hall–Kier alpha value is -3.45. The molecule has 1 atom stereocenters. The molecule has 2 aromatic carbocycles. The molecule has 6 nitrogen and oxygen atoms in total. The molecule has 5 rings (SSSR count). The Morgan fingerprint density at radius 1 is 1.13 bits per heavy atom. The standard InChI is InChI=1S/C24H22N4O2S/c1-25-23(29)21-13-17(11-12-26-21)30-16-9-10-20-22(14-16)31-24(28-20)27-19-8-4-6-15-5-2-3-7-18(15)19/h2-3,5,7,9-14,19H,4,6,8H2,1H3,(H,25,29)(H,27,28)/t19-/m0/s1. The van der Waals surface area contributed by atoms with Crippen molar-refractivity contribution in [3.63, 3.8) is 0 Å². The van der Waals surface area contributed by atoms with Gasteiger partial charge in [-0.1, -0.05) is 35.6 Å². The van der Waals surface area contributed by atoms with Gasteiger partial charge in [-0.25, -0.2) is 4.98 Å². The normalized spacial score (nSPS) is 15.3. The van der Waals surface area contributed by atoms with Gasteiger partial charge in [-0.15, -0.1) is 0 Å². The van der Waals surface area contributed by atoms with Crippen molar-refractivity contribution in [2.75, 3.05) is 12.4 Å². The summed E-state index contributed by atoms with van der Waals surface area (Å²) in [5.74, 6) is 1.01. The van der Waals surface area contributed by atoms with Crippen LogP contribution < -0.4 is 15.4 Å². The molecule has 0 bridgehead atoms. The molecule has 0 aliphatic heterocycles. The number of amides is 1. The van der Waals surface area contributed by atoms with E-state index in [0.29, 0.717) is 23.2 Å². The van der Waals surface area contributed by atoms with Gasteiger partial charge in [0.15, 0.2) is 5.13 Å². The highest BCUT2D eigenvalue weighted by atomic mass is 32.1. The van der Waals surface area contributed by atoms with E-state index < -0.39 is 0 Å². The average Bonchev–Trinajstić information content (AvgIpc) is 3.20. The monoisotopic (exact) mass is 430 g/mol. The summed E-state index contributed by atoms with van der Waals surface area (Å²) in [7, 11) is 1.58. The molecule has 1 aliphatic rings. The Labute approximate surface area is 184 Å². The number of nitrogens with one attached hydrogen (secondary N) is 2. The second-order valence-electron chi connectivity index (χ2n) is 7.49. The topological polar surface area (TPSA) is 76.1 Å². The molecule has 4 aromatic rings. The Balaban J connectivity index is 1.36. The van der Waals surface area contributed by atoms with Gasteiger partial charge >= 0.3 is 0 Å². The Bertz CT molecular complexity index is 1250. The zero-order valence-electron chi connectivity index (χ0n) is 17.1. The summed E-state index contributed by atoms with van der Waals surface area (Å²) in [6, 6.07) is 18.1. The number of anilines is 1. The molecule has 0 saturated carbocycles. The number of pyridine rings is 1. The lowest BCUT2D eigenvalue weighted by Crippen LogP contribution is -2.18. The molecule has 0 spiro atoms. The minimum absolute atomic E-state index is 0.247. The molecule has 0 unspecified atom stereocenters. The SMILES string of the molecule is CNC(=O)c1cc(Oc2ccc3nc(N[C@H]4CCCc5ccccc54)sc3c2)ccn1. The van der Waals surface area contributed by atoms with Crippen molar-refractivity contribution in [2.24, 2.45) is 0 Å². The van der Waals surface area contributed by atoms with Crippen molar-refractivity contribution in [1.82, 2.24) is 15.3 Å². The molecule has 2 N–H and O–H groups in total. The van der Waals surface area contributed by atoms with E-state index in [2.05, 4.69) is 39.9 Å². The molecule has 1 amide bonds. The molecule has 2 aromatic heterocycles. The molecule has 7 heteroatoms. The molecule has 1 aliphatic carbocycles. The first-order valence-corrected chi connectivity index (χ1v) is 11.1. The van der Waals surface area contributed by atoms with Crippen molar-refractivity contribution in [3.8, 4) is 11.5 Å². The quantitative estimate of drug-likeness (QED) is 0.447. The number of thiazole rings is 1. The second kappa shape index (κ2) is 8.35. The highest BCUT2D eigenvalue weighted by Gasteiger charge is 2.20. The maximum atomic E-state index is 11.8. The third-order valence-corrected chi connectivity index (χ3v) is 6.40. The van der Waals surface area contributed by atoms with E-state index in [1.807, 2.05) is 18.2 Å². The third kappa shape index (κ3) is 4.09. The summed E-state index contributed by atoms with van der Waals surface area (Å²) in [5, 5.41) is 7.12. The van der Waals surface area contributed by atoms with Crippen molar-refractivity contribution in [2.45, 2.75) is 25.3 Å². The Kier molecular flexibility index (Phi) is 5.26. The van der Waals surface area contributed by atoms with Crippen LogP contribution in [0.1, 0.15) is 40.5 Å². The number of aryl methyl sites for hydroxylation is 1. The number of nitrogens with zero attached hydrogens (tertiary/aromatic N) is 2. The van der Waals surface area contributed by atoms with Crippen molar-refractivity contribution < 1.29 is 9.53 Å². The first-order valence-electron chi connectivity index (χ1n) is 10.3. The molecule has 0 saturated heterocycles. The minimum atomic E-state index is -0.247. The smallest absolute Gasteiger partial charge is 0.269 e.